The minimum absolute atomic E-state index is 0.333. The lowest BCUT2D eigenvalue weighted by Gasteiger charge is -2.36. The Balaban J connectivity index is 1.75. The number of rotatable bonds is 5. The zero-order chi connectivity index (χ0) is 14.5. The highest BCUT2D eigenvalue weighted by molar-refractivity contribution is 5.39. The van der Waals surface area contributed by atoms with Gasteiger partial charge in [-0.25, -0.2) is 4.98 Å². The summed E-state index contributed by atoms with van der Waals surface area (Å²) in [5.74, 6) is 1.15. The fraction of sp³-hybridized carbons (Fsp3) is 0.714. The number of nitrogens with one attached hydrogen (secondary N) is 1. The molecule has 0 amide bonds. The molecule has 1 aromatic heterocycles. The fourth-order valence-corrected chi connectivity index (χ4v) is 2.54. The third-order valence-corrected chi connectivity index (χ3v) is 3.90. The van der Waals surface area contributed by atoms with Gasteiger partial charge in [0.2, 0.25) is 5.95 Å². The molecule has 1 aliphatic heterocycles. The Hall–Kier alpha value is -1.40. The molecule has 0 spiro atoms. The lowest BCUT2D eigenvalue weighted by molar-refractivity contribution is 0.116. The van der Waals surface area contributed by atoms with Crippen molar-refractivity contribution in [2.45, 2.75) is 26.3 Å². The van der Waals surface area contributed by atoms with E-state index in [2.05, 4.69) is 39.1 Å². The molecule has 1 aliphatic rings. The molecule has 1 saturated heterocycles. The maximum Gasteiger partial charge on any atom is 0.222 e. The third-order valence-electron chi connectivity index (χ3n) is 3.90. The number of aromatic nitrogens is 2. The number of hydrogen-bond donors (Lipinski definition) is 2. The van der Waals surface area contributed by atoms with Crippen molar-refractivity contribution in [1.29, 1.82) is 0 Å². The predicted molar refractivity (Wildman–Crippen MR) is 82.8 cm³/mol. The molecular formula is C14H26N6. The zero-order valence-corrected chi connectivity index (χ0v) is 12.8. The maximum absolute atomic E-state index is 5.65. The summed E-state index contributed by atoms with van der Waals surface area (Å²) in [4.78, 5) is 13.2. The van der Waals surface area contributed by atoms with Crippen LogP contribution in [0.15, 0.2) is 6.07 Å². The van der Waals surface area contributed by atoms with Crippen LogP contribution >= 0.6 is 0 Å². The van der Waals surface area contributed by atoms with E-state index < -0.39 is 0 Å². The average molecular weight is 278 g/mol. The summed E-state index contributed by atoms with van der Waals surface area (Å²) in [7, 11) is 2.19. The SMILES string of the molecule is Cc1cc(NCC[C@H](C)N2CCN(C)CC2)nc(N)n1. The van der Waals surface area contributed by atoms with E-state index in [1.165, 1.54) is 13.1 Å². The Morgan fingerprint density at radius 3 is 2.65 bits per heavy atom. The molecule has 1 fully saturated rings. The second-order valence-corrected chi connectivity index (χ2v) is 5.66. The molecule has 6 heteroatoms. The molecule has 0 unspecified atom stereocenters. The lowest BCUT2D eigenvalue weighted by atomic mass is 10.1. The van der Waals surface area contributed by atoms with Crippen LogP contribution in [0.4, 0.5) is 11.8 Å². The summed E-state index contributed by atoms with van der Waals surface area (Å²) in [5.41, 5.74) is 6.54. The van der Waals surface area contributed by atoms with Crippen LogP contribution in [0.1, 0.15) is 19.0 Å². The minimum Gasteiger partial charge on any atom is -0.370 e. The van der Waals surface area contributed by atoms with Gasteiger partial charge >= 0.3 is 0 Å². The third kappa shape index (κ3) is 4.31. The van der Waals surface area contributed by atoms with Gasteiger partial charge in [-0.15, -0.1) is 0 Å². The van der Waals surface area contributed by atoms with Gasteiger partial charge in [-0.1, -0.05) is 0 Å². The van der Waals surface area contributed by atoms with Crippen molar-refractivity contribution in [3.8, 4) is 0 Å². The molecule has 0 aromatic carbocycles. The summed E-state index contributed by atoms with van der Waals surface area (Å²) in [6.07, 6.45) is 1.10. The molecule has 2 rings (SSSR count). The van der Waals surface area contributed by atoms with Gasteiger partial charge in [0, 0.05) is 50.5 Å². The molecule has 112 valence electrons. The van der Waals surface area contributed by atoms with Gasteiger partial charge in [0.05, 0.1) is 0 Å². The van der Waals surface area contributed by atoms with E-state index in [0.29, 0.717) is 12.0 Å². The number of nitrogen functional groups attached to an aromatic ring is 1. The van der Waals surface area contributed by atoms with Gasteiger partial charge in [-0.2, -0.15) is 4.98 Å². The number of hydrogen-bond acceptors (Lipinski definition) is 6. The van der Waals surface area contributed by atoms with Crippen LogP contribution in [0.3, 0.4) is 0 Å². The van der Waals surface area contributed by atoms with Crippen LogP contribution in [0.5, 0.6) is 0 Å². The lowest BCUT2D eigenvalue weighted by Crippen LogP contribution is -2.48. The van der Waals surface area contributed by atoms with E-state index in [-0.39, 0.29) is 0 Å². The number of nitrogens with zero attached hydrogens (tertiary/aromatic N) is 4. The second kappa shape index (κ2) is 6.85. The van der Waals surface area contributed by atoms with Gasteiger partial charge in [0.15, 0.2) is 0 Å². The Kier molecular flexibility index (Phi) is 5.14. The highest BCUT2D eigenvalue weighted by atomic mass is 15.3. The van der Waals surface area contributed by atoms with E-state index >= 15 is 0 Å². The first-order chi connectivity index (χ1) is 9.54. The Morgan fingerprint density at radius 2 is 2.00 bits per heavy atom. The Bertz CT molecular complexity index is 407. The van der Waals surface area contributed by atoms with E-state index in [9.17, 15) is 0 Å². The minimum atomic E-state index is 0.333. The molecular weight excluding hydrogens is 252 g/mol. The van der Waals surface area contributed by atoms with Crippen molar-refractivity contribution in [3.05, 3.63) is 11.8 Å². The number of likely N-dealkylation sites (N-methyl/N-ethyl adjacent to an activating group) is 1. The molecule has 6 nitrogen and oxygen atoms in total. The summed E-state index contributed by atoms with van der Waals surface area (Å²) < 4.78 is 0. The standard InChI is InChI=1S/C14H26N6/c1-11-10-13(18-14(15)17-11)16-5-4-12(2)20-8-6-19(3)7-9-20/h10,12H,4-9H2,1-3H3,(H3,15,16,17,18)/t12-/m0/s1. The van der Waals surface area contributed by atoms with Crippen molar-refractivity contribution < 1.29 is 0 Å². The summed E-state index contributed by atoms with van der Waals surface area (Å²) in [6, 6.07) is 2.52. The molecule has 1 aromatic rings. The smallest absolute Gasteiger partial charge is 0.222 e. The van der Waals surface area contributed by atoms with Crippen LogP contribution in [0, 0.1) is 6.92 Å². The Labute approximate surface area is 121 Å². The highest BCUT2D eigenvalue weighted by Crippen LogP contribution is 2.10. The topological polar surface area (TPSA) is 70.3 Å². The van der Waals surface area contributed by atoms with E-state index in [0.717, 1.165) is 37.6 Å². The van der Waals surface area contributed by atoms with Gasteiger partial charge < -0.3 is 16.0 Å². The molecule has 2 heterocycles. The first kappa shape index (κ1) is 15.0. The first-order valence-electron chi connectivity index (χ1n) is 7.32. The first-order valence-corrected chi connectivity index (χ1v) is 7.32. The molecule has 1 atom stereocenters. The largest absolute Gasteiger partial charge is 0.370 e. The van der Waals surface area contributed by atoms with Crippen molar-refractivity contribution >= 4 is 11.8 Å². The van der Waals surface area contributed by atoms with E-state index in [4.69, 9.17) is 5.73 Å². The number of piperazine rings is 1. The molecule has 0 aliphatic carbocycles. The second-order valence-electron chi connectivity index (χ2n) is 5.66. The van der Waals surface area contributed by atoms with E-state index in [1.54, 1.807) is 0 Å². The van der Waals surface area contributed by atoms with Gasteiger partial charge in [-0.05, 0) is 27.3 Å². The van der Waals surface area contributed by atoms with Crippen LogP contribution < -0.4 is 11.1 Å². The van der Waals surface area contributed by atoms with Crippen LogP contribution in [-0.2, 0) is 0 Å². The molecule has 20 heavy (non-hydrogen) atoms. The van der Waals surface area contributed by atoms with Gasteiger partial charge in [0.1, 0.15) is 5.82 Å². The number of anilines is 2. The van der Waals surface area contributed by atoms with Crippen molar-refractivity contribution in [2.24, 2.45) is 0 Å². The summed E-state index contributed by atoms with van der Waals surface area (Å²) in [5, 5.41) is 3.34. The van der Waals surface area contributed by atoms with Gasteiger partial charge in [0.25, 0.3) is 0 Å². The Morgan fingerprint density at radius 1 is 1.30 bits per heavy atom. The van der Waals surface area contributed by atoms with Crippen LogP contribution in [0.2, 0.25) is 0 Å². The van der Waals surface area contributed by atoms with E-state index in [1.807, 2.05) is 13.0 Å². The van der Waals surface area contributed by atoms with Crippen molar-refractivity contribution in [3.63, 3.8) is 0 Å². The molecule has 0 saturated carbocycles. The summed E-state index contributed by atoms with van der Waals surface area (Å²) in [6.45, 7) is 9.79. The molecule has 0 bridgehead atoms. The van der Waals surface area contributed by atoms with Crippen LogP contribution in [-0.4, -0.2) is 65.6 Å². The number of aryl methyl sites for hydroxylation is 1. The summed E-state index contributed by atoms with van der Waals surface area (Å²) >= 11 is 0. The zero-order valence-electron chi connectivity index (χ0n) is 12.8. The van der Waals surface area contributed by atoms with Gasteiger partial charge in [-0.3, -0.25) is 4.90 Å². The fourth-order valence-electron chi connectivity index (χ4n) is 2.54. The highest BCUT2D eigenvalue weighted by Gasteiger charge is 2.18. The van der Waals surface area contributed by atoms with Crippen molar-refractivity contribution in [2.75, 3.05) is 50.8 Å². The molecule has 3 N–H and O–H groups in total. The van der Waals surface area contributed by atoms with Crippen molar-refractivity contribution in [1.82, 2.24) is 19.8 Å². The monoisotopic (exact) mass is 278 g/mol. The van der Waals surface area contributed by atoms with Crippen LogP contribution in [0.25, 0.3) is 0 Å². The molecule has 0 radical (unpaired) electrons. The quantitative estimate of drug-likeness (QED) is 0.830. The number of nitrogens with two attached hydrogens (primary N) is 1. The normalized spacial score (nSPS) is 18.9. The average Bonchev–Trinajstić information content (AvgIpc) is 2.38. The predicted octanol–water partition coefficient (Wildman–Crippen LogP) is 0.805. The maximum atomic E-state index is 5.65.